The van der Waals surface area contributed by atoms with Gasteiger partial charge in [0.15, 0.2) is 0 Å². The van der Waals surface area contributed by atoms with Gasteiger partial charge in [0.05, 0.1) is 23.7 Å². The Bertz CT molecular complexity index is 626. The second kappa shape index (κ2) is 4.77. The zero-order valence-corrected chi connectivity index (χ0v) is 12.7. The number of nitrogens with one attached hydrogen (secondary N) is 1. The third-order valence-corrected chi connectivity index (χ3v) is 3.99. The molecule has 0 radical (unpaired) electrons. The maximum Gasteiger partial charge on any atom is 0.129 e. The van der Waals surface area contributed by atoms with Crippen LogP contribution in [0.2, 0.25) is 0 Å². The van der Waals surface area contributed by atoms with Gasteiger partial charge in [-0.1, -0.05) is 6.92 Å². The Morgan fingerprint density at radius 2 is 2.15 bits per heavy atom. The number of rotatable bonds is 5. The minimum atomic E-state index is -0.121. The number of ether oxygens (including phenoxy) is 1. The van der Waals surface area contributed by atoms with Gasteiger partial charge in [0.1, 0.15) is 11.6 Å². The summed E-state index contributed by atoms with van der Waals surface area (Å²) in [6.45, 7) is 7.47. The molecule has 1 aliphatic carbocycles. The molecule has 1 heterocycles. The van der Waals surface area contributed by atoms with E-state index in [0.717, 1.165) is 23.6 Å². The number of fused-ring (bicyclic) bond motifs is 1. The molecule has 1 aliphatic rings. The van der Waals surface area contributed by atoms with Crippen molar-refractivity contribution in [3.63, 3.8) is 0 Å². The number of aromatic nitrogens is 2. The third kappa shape index (κ3) is 2.18. The lowest BCUT2D eigenvalue weighted by molar-refractivity contribution is 0.376. The zero-order valence-electron chi connectivity index (χ0n) is 12.7. The number of hydrogen-bond acceptors (Lipinski definition) is 3. The number of hydrogen-bond donors (Lipinski definition) is 1. The average molecular weight is 273 g/mol. The third-order valence-electron chi connectivity index (χ3n) is 3.99. The van der Waals surface area contributed by atoms with E-state index in [2.05, 4.69) is 36.7 Å². The van der Waals surface area contributed by atoms with Gasteiger partial charge in [-0.15, -0.1) is 0 Å². The molecule has 1 aromatic heterocycles. The summed E-state index contributed by atoms with van der Waals surface area (Å²) < 4.78 is 7.73. The molecule has 4 nitrogen and oxygen atoms in total. The number of nitrogens with zero attached hydrogens (tertiary/aromatic N) is 2. The van der Waals surface area contributed by atoms with E-state index in [1.165, 1.54) is 18.4 Å². The maximum atomic E-state index is 5.32. The largest absolute Gasteiger partial charge is 0.497 e. The second-order valence-corrected chi connectivity index (χ2v) is 6.05. The van der Waals surface area contributed by atoms with Gasteiger partial charge in [-0.05, 0) is 45.4 Å². The summed E-state index contributed by atoms with van der Waals surface area (Å²) in [5.74, 6) is 2.00. The van der Waals surface area contributed by atoms with Gasteiger partial charge in [0, 0.05) is 12.1 Å². The highest BCUT2D eigenvalue weighted by molar-refractivity contribution is 5.78. The fourth-order valence-corrected chi connectivity index (χ4v) is 2.87. The lowest BCUT2D eigenvalue weighted by atomic mass is 10.0. The first-order chi connectivity index (χ1) is 9.56. The van der Waals surface area contributed by atoms with Gasteiger partial charge in [-0.3, -0.25) is 0 Å². The van der Waals surface area contributed by atoms with Gasteiger partial charge in [0.2, 0.25) is 0 Å². The molecule has 1 fully saturated rings. The Balaban J connectivity index is 2.17. The van der Waals surface area contributed by atoms with E-state index in [1.54, 1.807) is 7.11 Å². The molecule has 4 heteroatoms. The molecule has 1 saturated carbocycles. The van der Waals surface area contributed by atoms with Crippen LogP contribution in [0, 0.1) is 0 Å². The van der Waals surface area contributed by atoms with E-state index in [0.29, 0.717) is 6.04 Å². The molecule has 20 heavy (non-hydrogen) atoms. The summed E-state index contributed by atoms with van der Waals surface area (Å²) >= 11 is 0. The summed E-state index contributed by atoms with van der Waals surface area (Å²) in [4.78, 5) is 4.89. The predicted molar refractivity (Wildman–Crippen MR) is 81.3 cm³/mol. The van der Waals surface area contributed by atoms with Gasteiger partial charge >= 0.3 is 0 Å². The maximum absolute atomic E-state index is 5.32. The van der Waals surface area contributed by atoms with Gasteiger partial charge in [-0.25, -0.2) is 4.98 Å². The van der Waals surface area contributed by atoms with Crippen LogP contribution in [-0.2, 0) is 5.54 Å². The summed E-state index contributed by atoms with van der Waals surface area (Å²) in [7, 11) is 1.70. The van der Waals surface area contributed by atoms with Gasteiger partial charge in [-0.2, -0.15) is 0 Å². The molecule has 2 aromatic rings. The van der Waals surface area contributed by atoms with Crippen LogP contribution >= 0.6 is 0 Å². The quantitative estimate of drug-likeness (QED) is 0.909. The minimum absolute atomic E-state index is 0.121. The number of benzene rings is 1. The molecule has 1 N–H and O–H groups in total. The predicted octanol–water partition coefficient (Wildman–Crippen LogP) is 3.22. The lowest BCUT2D eigenvalue weighted by Crippen LogP contribution is -2.38. The number of methoxy groups -OCH3 is 1. The molecular weight excluding hydrogens is 250 g/mol. The van der Waals surface area contributed by atoms with Crippen LogP contribution in [0.25, 0.3) is 11.0 Å². The van der Waals surface area contributed by atoms with Crippen molar-refractivity contribution >= 4 is 11.0 Å². The minimum Gasteiger partial charge on any atom is -0.497 e. The fourth-order valence-electron chi connectivity index (χ4n) is 2.87. The van der Waals surface area contributed by atoms with Crippen LogP contribution in [0.1, 0.15) is 45.5 Å². The van der Waals surface area contributed by atoms with Crippen molar-refractivity contribution in [3.05, 3.63) is 24.0 Å². The van der Waals surface area contributed by atoms with Crippen molar-refractivity contribution in [1.82, 2.24) is 14.9 Å². The van der Waals surface area contributed by atoms with Crippen molar-refractivity contribution in [2.24, 2.45) is 0 Å². The molecule has 0 spiro atoms. The van der Waals surface area contributed by atoms with Crippen molar-refractivity contribution < 1.29 is 4.74 Å². The molecular formula is C16H23N3O. The van der Waals surface area contributed by atoms with Crippen molar-refractivity contribution in [2.45, 2.75) is 45.2 Å². The van der Waals surface area contributed by atoms with Gasteiger partial charge < -0.3 is 14.6 Å². The van der Waals surface area contributed by atoms with Crippen molar-refractivity contribution in [2.75, 3.05) is 13.7 Å². The van der Waals surface area contributed by atoms with Crippen molar-refractivity contribution in [1.29, 1.82) is 0 Å². The summed E-state index contributed by atoms with van der Waals surface area (Å²) in [6.07, 6.45) is 2.51. The molecule has 0 aliphatic heterocycles. The standard InChI is InChI=1S/C16H23N3O/c1-5-17-16(2,3)15-18-13-10-12(20-4)8-9-14(13)19(15)11-6-7-11/h8-11,17H,5-7H2,1-4H3. The topological polar surface area (TPSA) is 39.1 Å². The highest BCUT2D eigenvalue weighted by Gasteiger charge is 2.34. The van der Waals surface area contributed by atoms with Crippen LogP contribution in [0.5, 0.6) is 5.75 Å². The van der Waals surface area contributed by atoms with E-state index in [1.807, 2.05) is 12.1 Å². The Labute approximate surface area is 120 Å². The zero-order chi connectivity index (χ0) is 14.3. The van der Waals surface area contributed by atoms with Crippen LogP contribution in [-0.4, -0.2) is 23.2 Å². The normalized spacial score (nSPS) is 15.8. The molecule has 0 unspecified atom stereocenters. The smallest absolute Gasteiger partial charge is 0.129 e. The first-order valence-corrected chi connectivity index (χ1v) is 7.38. The number of imidazole rings is 1. The van der Waals surface area contributed by atoms with E-state index < -0.39 is 0 Å². The molecule has 0 saturated heterocycles. The molecule has 0 bridgehead atoms. The van der Waals surface area contributed by atoms with Crippen molar-refractivity contribution in [3.8, 4) is 5.75 Å². The fraction of sp³-hybridized carbons (Fsp3) is 0.562. The summed E-state index contributed by atoms with van der Waals surface area (Å²) in [6, 6.07) is 6.79. The Morgan fingerprint density at radius 1 is 1.40 bits per heavy atom. The highest BCUT2D eigenvalue weighted by atomic mass is 16.5. The van der Waals surface area contributed by atoms with E-state index in [4.69, 9.17) is 9.72 Å². The molecule has 0 amide bonds. The first kappa shape index (κ1) is 13.4. The van der Waals surface area contributed by atoms with Crippen LogP contribution in [0.15, 0.2) is 18.2 Å². The van der Waals surface area contributed by atoms with E-state index in [9.17, 15) is 0 Å². The van der Waals surface area contributed by atoms with E-state index >= 15 is 0 Å². The average Bonchev–Trinajstić information content (AvgIpc) is 3.18. The van der Waals surface area contributed by atoms with Crippen LogP contribution < -0.4 is 10.1 Å². The van der Waals surface area contributed by atoms with Gasteiger partial charge in [0.25, 0.3) is 0 Å². The molecule has 108 valence electrons. The summed E-state index contributed by atoms with van der Waals surface area (Å²) in [5, 5.41) is 3.54. The first-order valence-electron chi connectivity index (χ1n) is 7.38. The Morgan fingerprint density at radius 3 is 2.75 bits per heavy atom. The van der Waals surface area contributed by atoms with Crippen LogP contribution in [0.3, 0.4) is 0 Å². The summed E-state index contributed by atoms with van der Waals surface area (Å²) in [5.41, 5.74) is 2.12. The molecule has 1 aromatic carbocycles. The lowest BCUT2D eigenvalue weighted by Gasteiger charge is -2.26. The Kier molecular flexibility index (Phi) is 3.21. The van der Waals surface area contributed by atoms with E-state index in [-0.39, 0.29) is 5.54 Å². The molecule has 0 atom stereocenters. The second-order valence-electron chi connectivity index (χ2n) is 6.05. The molecule has 3 rings (SSSR count). The van der Waals surface area contributed by atoms with Crippen LogP contribution in [0.4, 0.5) is 0 Å². The monoisotopic (exact) mass is 273 g/mol. The highest BCUT2D eigenvalue weighted by Crippen LogP contribution is 2.41. The Hall–Kier alpha value is -1.55. The SMILES string of the molecule is CCNC(C)(C)c1nc2cc(OC)ccc2n1C1CC1.